The maximum absolute atomic E-state index is 12.3. The molecule has 1 N–H and O–H groups in total. The first-order valence-corrected chi connectivity index (χ1v) is 8.19. The zero-order valence-corrected chi connectivity index (χ0v) is 12.5. The van der Waals surface area contributed by atoms with Gasteiger partial charge in [0.05, 0.1) is 5.92 Å². The molecule has 2 fully saturated rings. The average molecular weight is 281 g/mol. The summed E-state index contributed by atoms with van der Waals surface area (Å²) >= 11 is 0. The lowest BCUT2D eigenvalue weighted by atomic mass is 9.89. The van der Waals surface area contributed by atoms with Crippen molar-refractivity contribution in [3.05, 3.63) is 0 Å². The number of rotatable bonds is 8. The van der Waals surface area contributed by atoms with Gasteiger partial charge >= 0.3 is 5.97 Å². The molecule has 0 spiro atoms. The topological polar surface area (TPSA) is 57.6 Å². The van der Waals surface area contributed by atoms with Gasteiger partial charge in [-0.05, 0) is 25.7 Å². The van der Waals surface area contributed by atoms with E-state index in [0.29, 0.717) is 12.8 Å². The summed E-state index contributed by atoms with van der Waals surface area (Å²) < 4.78 is 0. The normalized spacial score (nSPS) is 28.1. The number of unbranched alkanes of at least 4 members (excludes halogenated alkanes) is 5. The Morgan fingerprint density at radius 1 is 1.10 bits per heavy atom. The van der Waals surface area contributed by atoms with E-state index in [1.54, 1.807) is 0 Å². The Bertz CT molecular complexity index is 356. The van der Waals surface area contributed by atoms with Crippen LogP contribution in [0.4, 0.5) is 0 Å². The van der Waals surface area contributed by atoms with Gasteiger partial charge in [-0.3, -0.25) is 9.59 Å². The van der Waals surface area contributed by atoms with E-state index in [4.69, 9.17) is 0 Å². The minimum atomic E-state index is -0.727. The quantitative estimate of drug-likeness (QED) is 0.695. The Morgan fingerprint density at radius 2 is 1.80 bits per heavy atom. The van der Waals surface area contributed by atoms with E-state index in [1.807, 2.05) is 4.90 Å². The molecule has 3 atom stereocenters. The number of fused-ring (bicyclic) bond motifs is 2. The van der Waals surface area contributed by atoms with Gasteiger partial charge < -0.3 is 10.0 Å². The monoisotopic (exact) mass is 281 g/mol. The molecule has 2 rings (SSSR count). The van der Waals surface area contributed by atoms with Crippen molar-refractivity contribution in [1.82, 2.24) is 4.90 Å². The number of aliphatic carboxylic acids is 1. The third-order valence-electron chi connectivity index (χ3n) is 4.89. The number of carbonyl (C=O) groups is 2. The van der Waals surface area contributed by atoms with E-state index < -0.39 is 5.97 Å². The largest absolute Gasteiger partial charge is 0.481 e. The minimum Gasteiger partial charge on any atom is -0.481 e. The molecule has 0 radical (unpaired) electrons. The van der Waals surface area contributed by atoms with E-state index in [0.717, 1.165) is 25.7 Å². The van der Waals surface area contributed by atoms with Crippen LogP contribution in [0.3, 0.4) is 0 Å². The summed E-state index contributed by atoms with van der Waals surface area (Å²) in [7, 11) is 0. The molecule has 1 amide bonds. The van der Waals surface area contributed by atoms with Gasteiger partial charge in [0.2, 0.25) is 5.91 Å². The van der Waals surface area contributed by atoms with Crippen LogP contribution < -0.4 is 0 Å². The molecule has 2 aliphatic rings. The number of carbonyl (C=O) groups excluding carboxylic acids is 1. The van der Waals surface area contributed by atoms with E-state index in [1.165, 1.54) is 25.7 Å². The molecule has 2 heterocycles. The third kappa shape index (κ3) is 3.33. The van der Waals surface area contributed by atoms with Gasteiger partial charge in [0, 0.05) is 18.5 Å². The summed E-state index contributed by atoms with van der Waals surface area (Å²) in [6, 6.07) is 0.179. The smallest absolute Gasteiger partial charge is 0.308 e. The van der Waals surface area contributed by atoms with Gasteiger partial charge in [-0.25, -0.2) is 0 Å². The Morgan fingerprint density at radius 3 is 2.45 bits per heavy atom. The zero-order chi connectivity index (χ0) is 14.5. The standard InChI is InChI=1S/C16H27NO3/c1-2-3-4-5-6-7-8-15(18)17-12-9-10-14(17)13(11-12)16(19)20/h12-14H,2-11H2,1H3,(H,19,20). The summed E-state index contributed by atoms with van der Waals surface area (Å²) in [5.41, 5.74) is 0. The highest BCUT2D eigenvalue weighted by molar-refractivity contribution is 5.80. The van der Waals surface area contributed by atoms with Crippen molar-refractivity contribution in [2.75, 3.05) is 0 Å². The number of carboxylic acid groups (broad SMARTS) is 1. The minimum absolute atomic E-state index is 0.0231. The van der Waals surface area contributed by atoms with Gasteiger partial charge in [-0.15, -0.1) is 0 Å². The lowest BCUT2D eigenvalue weighted by Gasteiger charge is -2.23. The van der Waals surface area contributed by atoms with E-state index in [-0.39, 0.29) is 23.9 Å². The molecule has 2 saturated heterocycles. The van der Waals surface area contributed by atoms with Crippen molar-refractivity contribution in [3.8, 4) is 0 Å². The molecule has 114 valence electrons. The molecule has 2 aliphatic heterocycles. The highest BCUT2D eigenvalue weighted by atomic mass is 16.4. The maximum atomic E-state index is 12.3. The van der Waals surface area contributed by atoms with Gasteiger partial charge in [0.15, 0.2) is 0 Å². The molecule has 4 nitrogen and oxygen atoms in total. The van der Waals surface area contributed by atoms with E-state index in [9.17, 15) is 14.7 Å². The SMILES string of the molecule is CCCCCCCCC(=O)N1C2CCC1C(C(=O)O)C2. The van der Waals surface area contributed by atoms with E-state index >= 15 is 0 Å². The van der Waals surface area contributed by atoms with Gasteiger partial charge in [-0.1, -0.05) is 39.0 Å². The molecule has 0 aliphatic carbocycles. The summed E-state index contributed by atoms with van der Waals surface area (Å²) in [4.78, 5) is 25.4. The average Bonchev–Trinajstić information content (AvgIpc) is 3.00. The van der Waals surface area contributed by atoms with Crippen molar-refractivity contribution >= 4 is 11.9 Å². The molecule has 0 saturated carbocycles. The van der Waals surface area contributed by atoms with Crippen LogP contribution in [0.15, 0.2) is 0 Å². The van der Waals surface area contributed by atoms with Crippen molar-refractivity contribution in [2.24, 2.45) is 5.92 Å². The number of carboxylic acids is 1. The number of hydrogen-bond acceptors (Lipinski definition) is 2. The molecule has 0 aromatic rings. The van der Waals surface area contributed by atoms with Crippen molar-refractivity contribution in [3.63, 3.8) is 0 Å². The Hall–Kier alpha value is -1.06. The third-order valence-corrected chi connectivity index (χ3v) is 4.89. The van der Waals surface area contributed by atoms with Crippen molar-refractivity contribution in [1.29, 1.82) is 0 Å². The van der Waals surface area contributed by atoms with Crippen LogP contribution in [-0.4, -0.2) is 34.0 Å². The summed E-state index contributed by atoms with van der Waals surface area (Å²) in [6.45, 7) is 2.20. The van der Waals surface area contributed by atoms with Crippen molar-refractivity contribution < 1.29 is 14.7 Å². The molecular formula is C16H27NO3. The first-order chi connectivity index (χ1) is 9.65. The zero-order valence-electron chi connectivity index (χ0n) is 12.5. The second kappa shape index (κ2) is 7.09. The molecule has 2 bridgehead atoms. The van der Waals surface area contributed by atoms with Crippen LogP contribution in [0.25, 0.3) is 0 Å². The highest BCUT2D eigenvalue weighted by Crippen LogP contribution is 2.42. The summed E-state index contributed by atoms with van der Waals surface area (Å²) in [5, 5.41) is 9.19. The fourth-order valence-electron chi connectivity index (χ4n) is 3.83. The molecule has 3 unspecified atom stereocenters. The summed E-state index contributed by atoms with van der Waals surface area (Å²) in [5.74, 6) is -0.853. The van der Waals surface area contributed by atoms with Gasteiger partial charge in [-0.2, -0.15) is 0 Å². The van der Waals surface area contributed by atoms with Gasteiger partial charge in [0.1, 0.15) is 0 Å². The number of nitrogens with zero attached hydrogens (tertiary/aromatic N) is 1. The van der Waals surface area contributed by atoms with Crippen LogP contribution in [-0.2, 0) is 9.59 Å². The first-order valence-electron chi connectivity index (χ1n) is 8.19. The van der Waals surface area contributed by atoms with Gasteiger partial charge in [0.25, 0.3) is 0 Å². The predicted octanol–water partition coefficient (Wildman–Crippen LogP) is 3.20. The Kier molecular flexibility index (Phi) is 5.44. The fraction of sp³-hybridized carbons (Fsp3) is 0.875. The van der Waals surface area contributed by atoms with Crippen LogP contribution in [0.1, 0.15) is 71.1 Å². The molecule has 4 heteroatoms. The van der Waals surface area contributed by atoms with Crippen LogP contribution in [0.2, 0.25) is 0 Å². The Labute approximate surface area is 121 Å². The molecular weight excluding hydrogens is 254 g/mol. The lowest BCUT2D eigenvalue weighted by Crippen LogP contribution is -2.37. The highest BCUT2D eigenvalue weighted by Gasteiger charge is 2.50. The molecule has 0 aromatic heterocycles. The number of hydrogen-bond donors (Lipinski definition) is 1. The van der Waals surface area contributed by atoms with Crippen LogP contribution in [0.5, 0.6) is 0 Å². The lowest BCUT2D eigenvalue weighted by molar-refractivity contribution is -0.143. The maximum Gasteiger partial charge on any atom is 0.308 e. The fourth-order valence-corrected chi connectivity index (χ4v) is 3.83. The second-order valence-electron chi connectivity index (χ2n) is 6.30. The number of amides is 1. The van der Waals surface area contributed by atoms with Crippen LogP contribution >= 0.6 is 0 Å². The molecule has 0 aromatic carbocycles. The first kappa shape index (κ1) is 15.3. The van der Waals surface area contributed by atoms with E-state index in [2.05, 4.69) is 6.92 Å². The van der Waals surface area contributed by atoms with Crippen LogP contribution in [0, 0.1) is 5.92 Å². The molecule has 20 heavy (non-hydrogen) atoms. The Balaban J connectivity index is 1.72. The predicted molar refractivity (Wildman–Crippen MR) is 77.4 cm³/mol. The van der Waals surface area contributed by atoms with Crippen molar-refractivity contribution in [2.45, 2.75) is 83.2 Å². The summed E-state index contributed by atoms with van der Waals surface area (Å²) in [6.07, 6.45) is 10.2. The second-order valence-corrected chi connectivity index (χ2v) is 6.30.